The van der Waals surface area contributed by atoms with Crippen molar-refractivity contribution in [1.29, 1.82) is 0 Å². The summed E-state index contributed by atoms with van der Waals surface area (Å²) in [6.45, 7) is 4.73. The van der Waals surface area contributed by atoms with Crippen LogP contribution in [0.4, 0.5) is 5.13 Å². The van der Waals surface area contributed by atoms with Crippen molar-refractivity contribution in [2.45, 2.75) is 32.7 Å². The molecule has 0 saturated carbocycles. The molecule has 0 radical (unpaired) electrons. The number of hydrogen-bond donors (Lipinski definition) is 1. The minimum Gasteiger partial charge on any atom is -0.480 e. The summed E-state index contributed by atoms with van der Waals surface area (Å²) in [5.41, 5.74) is 0. The van der Waals surface area contributed by atoms with Crippen LogP contribution in [-0.2, 0) is 4.79 Å². The zero-order valence-electron chi connectivity index (χ0n) is 9.38. The van der Waals surface area contributed by atoms with E-state index in [0.717, 1.165) is 23.1 Å². The van der Waals surface area contributed by atoms with Crippen molar-refractivity contribution in [3.8, 4) is 0 Å². The molecule has 0 bridgehead atoms. The fraction of sp³-hybridized carbons (Fsp3) is 0.700. The van der Waals surface area contributed by atoms with Crippen LogP contribution in [0.3, 0.4) is 0 Å². The molecule has 1 aliphatic rings. The average molecular weight is 241 g/mol. The first-order valence-corrected chi connectivity index (χ1v) is 6.19. The van der Waals surface area contributed by atoms with E-state index >= 15 is 0 Å². The first-order valence-electron chi connectivity index (χ1n) is 5.37. The quantitative estimate of drug-likeness (QED) is 0.850. The SMILES string of the molecule is Cc1nnc(N2CCC(C)CC2C(=O)O)s1. The maximum Gasteiger partial charge on any atom is 0.326 e. The summed E-state index contributed by atoms with van der Waals surface area (Å²) in [5, 5.41) is 18.8. The molecule has 0 amide bonds. The Morgan fingerprint density at radius 3 is 2.88 bits per heavy atom. The van der Waals surface area contributed by atoms with Crippen molar-refractivity contribution in [1.82, 2.24) is 10.2 Å². The Bertz CT molecular complexity index is 393. The second-order valence-electron chi connectivity index (χ2n) is 4.28. The number of aromatic nitrogens is 2. The molecule has 1 aromatic rings. The van der Waals surface area contributed by atoms with Crippen LogP contribution in [0.15, 0.2) is 0 Å². The number of carboxylic acids is 1. The number of aliphatic carboxylic acids is 1. The van der Waals surface area contributed by atoms with Gasteiger partial charge in [-0.2, -0.15) is 0 Å². The van der Waals surface area contributed by atoms with Gasteiger partial charge in [0.1, 0.15) is 11.0 Å². The molecular formula is C10H15N3O2S. The standard InChI is InChI=1S/C10H15N3O2S/c1-6-3-4-13(8(5-6)9(14)15)10-12-11-7(2)16-10/h6,8H,3-5H2,1-2H3,(H,14,15). The van der Waals surface area contributed by atoms with E-state index in [0.29, 0.717) is 12.3 Å². The molecule has 2 atom stereocenters. The Morgan fingerprint density at radius 1 is 1.56 bits per heavy atom. The fourth-order valence-corrected chi connectivity index (χ4v) is 2.77. The molecule has 1 aliphatic heterocycles. The maximum absolute atomic E-state index is 11.2. The van der Waals surface area contributed by atoms with Crippen LogP contribution in [0.5, 0.6) is 0 Å². The van der Waals surface area contributed by atoms with E-state index in [1.807, 2.05) is 11.8 Å². The molecule has 5 nitrogen and oxygen atoms in total. The van der Waals surface area contributed by atoms with E-state index in [1.165, 1.54) is 11.3 Å². The van der Waals surface area contributed by atoms with Crippen molar-refractivity contribution < 1.29 is 9.90 Å². The lowest BCUT2D eigenvalue weighted by atomic mass is 9.93. The van der Waals surface area contributed by atoms with E-state index in [2.05, 4.69) is 17.1 Å². The largest absolute Gasteiger partial charge is 0.480 e. The van der Waals surface area contributed by atoms with Gasteiger partial charge >= 0.3 is 5.97 Å². The summed E-state index contributed by atoms with van der Waals surface area (Å²) in [4.78, 5) is 13.1. The molecule has 1 fully saturated rings. The van der Waals surface area contributed by atoms with Crippen LogP contribution in [0.1, 0.15) is 24.8 Å². The third kappa shape index (κ3) is 2.16. The van der Waals surface area contributed by atoms with Gasteiger partial charge in [-0.25, -0.2) is 4.79 Å². The van der Waals surface area contributed by atoms with Crippen LogP contribution >= 0.6 is 11.3 Å². The summed E-state index contributed by atoms with van der Waals surface area (Å²) in [6.07, 6.45) is 1.70. The number of hydrogen-bond acceptors (Lipinski definition) is 5. The predicted molar refractivity (Wildman–Crippen MR) is 61.8 cm³/mol. The summed E-state index contributed by atoms with van der Waals surface area (Å²) in [5.74, 6) is -0.300. The summed E-state index contributed by atoms with van der Waals surface area (Å²) in [6, 6.07) is -0.448. The van der Waals surface area contributed by atoms with Gasteiger partial charge in [0.2, 0.25) is 5.13 Å². The third-order valence-corrected chi connectivity index (χ3v) is 3.79. The summed E-state index contributed by atoms with van der Waals surface area (Å²) in [7, 11) is 0. The topological polar surface area (TPSA) is 66.3 Å². The second kappa shape index (κ2) is 4.37. The van der Waals surface area contributed by atoms with Crippen molar-refractivity contribution >= 4 is 22.4 Å². The fourth-order valence-electron chi connectivity index (χ4n) is 2.01. The molecule has 2 heterocycles. The molecule has 0 spiro atoms. The molecule has 1 saturated heterocycles. The number of carbonyl (C=O) groups is 1. The van der Waals surface area contributed by atoms with Gasteiger partial charge in [-0.15, -0.1) is 10.2 Å². The predicted octanol–water partition coefficient (Wildman–Crippen LogP) is 1.54. The van der Waals surface area contributed by atoms with E-state index in [4.69, 9.17) is 0 Å². The first kappa shape index (κ1) is 11.3. The highest BCUT2D eigenvalue weighted by atomic mass is 32.1. The first-order chi connectivity index (χ1) is 7.58. The van der Waals surface area contributed by atoms with Gasteiger partial charge in [0.15, 0.2) is 0 Å². The molecular weight excluding hydrogens is 226 g/mol. The van der Waals surface area contributed by atoms with E-state index in [1.54, 1.807) is 0 Å². The highest BCUT2D eigenvalue weighted by molar-refractivity contribution is 7.15. The minimum atomic E-state index is -0.764. The van der Waals surface area contributed by atoms with Crippen LogP contribution in [0.25, 0.3) is 0 Å². The van der Waals surface area contributed by atoms with Gasteiger partial charge in [-0.1, -0.05) is 18.3 Å². The van der Waals surface area contributed by atoms with Crippen molar-refractivity contribution in [2.75, 3.05) is 11.4 Å². The Labute approximate surface area is 98.1 Å². The lowest BCUT2D eigenvalue weighted by Gasteiger charge is -2.35. The highest BCUT2D eigenvalue weighted by Crippen LogP contribution is 2.29. The zero-order chi connectivity index (χ0) is 11.7. The molecule has 2 rings (SSSR count). The molecule has 2 unspecified atom stereocenters. The van der Waals surface area contributed by atoms with Crippen LogP contribution in [0, 0.1) is 12.8 Å². The molecule has 88 valence electrons. The maximum atomic E-state index is 11.2. The molecule has 6 heteroatoms. The Kier molecular flexibility index (Phi) is 3.09. The average Bonchev–Trinajstić information content (AvgIpc) is 2.64. The van der Waals surface area contributed by atoms with Crippen molar-refractivity contribution in [2.24, 2.45) is 5.92 Å². The van der Waals surface area contributed by atoms with Crippen molar-refractivity contribution in [3.63, 3.8) is 0 Å². The van der Waals surface area contributed by atoms with Crippen LogP contribution < -0.4 is 4.90 Å². The Hall–Kier alpha value is -1.17. The zero-order valence-corrected chi connectivity index (χ0v) is 10.2. The summed E-state index contributed by atoms with van der Waals surface area (Å²) < 4.78 is 0. The van der Waals surface area contributed by atoms with E-state index in [9.17, 15) is 9.90 Å². The van der Waals surface area contributed by atoms with Gasteiger partial charge < -0.3 is 10.0 Å². The molecule has 1 aromatic heterocycles. The number of carboxylic acid groups (broad SMARTS) is 1. The normalized spacial score (nSPS) is 25.8. The van der Waals surface area contributed by atoms with Gasteiger partial charge in [0.05, 0.1) is 0 Å². The van der Waals surface area contributed by atoms with Gasteiger partial charge in [-0.3, -0.25) is 0 Å². The number of rotatable bonds is 2. The molecule has 1 N–H and O–H groups in total. The summed E-state index contributed by atoms with van der Waals surface area (Å²) >= 11 is 1.46. The van der Waals surface area contributed by atoms with E-state index < -0.39 is 12.0 Å². The Morgan fingerprint density at radius 2 is 2.31 bits per heavy atom. The van der Waals surface area contributed by atoms with Gasteiger partial charge in [0, 0.05) is 6.54 Å². The highest BCUT2D eigenvalue weighted by Gasteiger charge is 2.33. The lowest BCUT2D eigenvalue weighted by molar-refractivity contribution is -0.139. The monoisotopic (exact) mass is 241 g/mol. The third-order valence-electron chi connectivity index (χ3n) is 2.91. The molecule has 0 aliphatic carbocycles. The Balaban J connectivity index is 2.21. The minimum absolute atomic E-state index is 0.448. The molecule has 0 aromatic carbocycles. The number of aryl methyl sites for hydroxylation is 1. The smallest absolute Gasteiger partial charge is 0.326 e. The number of piperidine rings is 1. The number of nitrogens with zero attached hydrogens (tertiary/aromatic N) is 3. The second-order valence-corrected chi connectivity index (χ2v) is 5.44. The van der Waals surface area contributed by atoms with Crippen LogP contribution in [-0.4, -0.2) is 33.9 Å². The molecule has 16 heavy (non-hydrogen) atoms. The van der Waals surface area contributed by atoms with Gasteiger partial charge in [0.25, 0.3) is 0 Å². The van der Waals surface area contributed by atoms with Crippen molar-refractivity contribution in [3.05, 3.63) is 5.01 Å². The van der Waals surface area contributed by atoms with E-state index in [-0.39, 0.29) is 0 Å². The lowest BCUT2D eigenvalue weighted by Crippen LogP contribution is -2.47. The number of anilines is 1. The van der Waals surface area contributed by atoms with Gasteiger partial charge in [-0.05, 0) is 25.7 Å². The van der Waals surface area contributed by atoms with Crippen LogP contribution in [0.2, 0.25) is 0 Å².